The molecule has 5 aromatic rings. The van der Waals surface area contributed by atoms with Crippen LogP contribution in [0.15, 0.2) is 58.2 Å². The topological polar surface area (TPSA) is 290 Å². The predicted octanol–water partition coefficient (Wildman–Crippen LogP) is 5.84. The van der Waals surface area contributed by atoms with Crippen LogP contribution in [-0.2, 0) is 45.7 Å². The van der Waals surface area contributed by atoms with E-state index in [0.717, 1.165) is 11.3 Å². The van der Waals surface area contributed by atoms with Crippen molar-refractivity contribution in [3.8, 4) is 12.1 Å². The molecular formula is C41H45N11O12P2S. The van der Waals surface area contributed by atoms with Gasteiger partial charge in [0.15, 0.2) is 17.0 Å². The first-order valence-electron chi connectivity index (χ1n) is 21.1. The maximum absolute atomic E-state index is 15.1. The van der Waals surface area contributed by atoms with Gasteiger partial charge >= 0.3 is 15.6 Å². The maximum atomic E-state index is 15.1. The summed E-state index contributed by atoms with van der Waals surface area (Å²) in [6.07, 6.45) is -1.17. The van der Waals surface area contributed by atoms with Gasteiger partial charge in [0.2, 0.25) is 5.95 Å². The number of thiophene rings is 1. The van der Waals surface area contributed by atoms with E-state index in [9.17, 15) is 24.7 Å². The molecule has 67 heavy (non-hydrogen) atoms. The lowest BCUT2D eigenvalue weighted by Gasteiger charge is -2.32. The number of aromatic nitrogens is 6. The number of nitrogens with one attached hydrogen (secondary N) is 2. The standard InChI is InChI=1S/C41H45N11O12P2S/c1-23-30(52-22-46-29-36(44-20-45-37(29)52)49-38(53)24-10-6-5-7-11-24)26-16-41(26)19-61-66(56,59-15-9-13-43)63-32-31(57-4)27(17-60-65(55,64-35(23)41)58-14-8-12-42)62-33(32)34-28-25(18-67-34)39(54)50-40(48-28)47-21-51(2)3/h5-7,10-11,18,20-23,26-27,30-33,35H,8-9,14-17,19H2,1-4H3,(H,48,50,54)(H,44,45,49,53)/b47-21+/t23-,26+,27+,30-,31+,32+,33+,35-,41?,65?,66?/m0/s1. The zero-order chi connectivity index (χ0) is 47.1. The molecule has 23 nitrogen and oxygen atoms in total. The molecule has 352 valence electrons. The smallest absolute Gasteiger partial charge is 0.376 e. The van der Waals surface area contributed by atoms with Gasteiger partial charge in [0.25, 0.3) is 11.5 Å². The van der Waals surface area contributed by atoms with E-state index in [0.29, 0.717) is 28.0 Å². The normalized spacial score (nSPS) is 31.6. The van der Waals surface area contributed by atoms with Crippen LogP contribution >= 0.6 is 27.0 Å². The zero-order valence-corrected chi connectivity index (χ0v) is 39.1. The van der Waals surface area contributed by atoms with E-state index < -0.39 is 81.6 Å². The number of nitrogens with zero attached hydrogens (tertiary/aromatic N) is 9. The van der Waals surface area contributed by atoms with Crippen molar-refractivity contribution < 1.29 is 50.5 Å². The molecule has 6 heterocycles. The fourth-order valence-corrected chi connectivity index (χ4v) is 13.2. The number of H-pyrrole nitrogens is 1. The molecule has 2 saturated carbocycles. The summed E-state index contributed by atoms with van der Waals surface area (Å²) in [4.78, 5) is 53.5. The van der Waals surface area contributed by atoms with Gasteiger partial charge in [-0.3, -0.25) is 41.7 Å². The Morgan fingerprint density at radius 3 is 2.55 bits per heavy atom. The number of carbonyl (C=O) groups excluding carboxylic acids is 1. The number of aromatic amines is 1. The molecule has 2 aliphatic heterocycles. The Kier molecular flexibility index (Phi) is 13.3. The third-order valence-corrected chi connectivity index (χ3v) is 16.1. The van der Waals surface area contributed by atoms with Gasteiger partial charge in [-0.05, 0) is 24.5 Å². The minimum Gasteiger partial charge on any atom is -0.376 e. The van der Waals surface area contributed by atoms with Crippen LogP contribution in [0.1, 0.15) is 53.6 Å². The molecule has 2 N–H and O–H groups in total. The second-order valence-electron chi connectivity index (χ2n) is 16.6. The van der Waals surface area contributed by atoms with Crippen molar-refractivity contribution in [1.29, 1.82) is 10.5 Å². The second kappa shape index (κ2) is 19.0. The first-order valence-corrected chi connectivity index (χ1v) is 24.9. The van der Waals surface area contributed by atoms with Crippen LogP contribution in [0, 0.1) is 39.9 Å². The third-order valence-electron chi connectivity index (χ3n) is 12.2. The van der Waals surface area contributed by atoms with Crippen molar-refractivity contribution >= 4 is 73.1 Å². The Morgan fingerprint density at radius 2 is 1.84 bits per heavy atom. The van der Waals surface area contributed by atoms with Crippen molar-refractivity contribution in [2.75, 3.05) is 52.9 Å². The Bertz CT molecular complexity index is 2940. The summed E-state index contributed by atoms with van der Waals surface area (Å²) >= 11 is 1.13. The number of anilines is 1. The number of benzene rings is 1. The average Bonchev–Trinajstić information content (AvgIpc) is 3.60. The van der Waals surface area contributed by atoms with E-state index in [1.54, 1.807) is 61.0 Å². The molecule has 2 bridgehead atoms. The van der Waals surface area contributed by atoms with Gasteiger partial charge in [-0.15, -0.1) is 11.3 Å². The number of rotatable bonds is 13. The lowest BCUT2D eigenvalue weighted by atomic mass is 9.94. The molecule has 11 atom stereocenters. The van der Waals surface area contributed by atoms with Crippen molar-refractivity contribution in [1.82, 2.24) is 34.4 Å². The number of fused-ring (bicyclic) bond motifs is 4. The molecule has 2 aliphatic carbocycles. The van der Waals surface area contributed by atoms with E-state index >= 15 is 4.57 Å². The van der Waals surface area contributed by atoms with E-state index in [4.69, 9.17) is 36.6 Å². The van der Waals surface area contributed by atoms with E-state index in [2.05, 4.69) is 35.2 Å². The molecule has 1 amide bonds. The van der Waals surface area contributed by atoms with Crippen molar-refractivity contribution in [2.24, 2.45) is 22.2 Å². The highest BCUT2D eigenvalue weighted by molar-refractivity contribution is 7.48. The highest BCUT2D eigenvalue weighted by Crippen LogP contribution is 2.74. The van der Waals surface area contributed by atoms with Crippen LogP contribution in [0.25, 0.3) is 22.1 Å². The number of methoxy groups -OCH3 is 1. The Hall–Kier alpha value is -5.33. The number of ether oxygens (including phenoxy) is 2. The number of amides is 1. The largest absolute Gasteiger partial charge is 0.475 e. The number of nitriles is 2. The maximum Gasteiger partial charge on any atom is 0.475 e. The summed E-state index contributed by atoms with van der Waals surface area (Å²) < 4.78 is 81.5. The number of phosphoric acid groups is 2. The number of phosphoric ester groups is 2. The van der Waals surface area contributed by atoms with Crippen LogP contribution in [0.2, 0.25) is 0 Å². The van der Waals surface area contributed by atoms with Crippen LogP contribution in [0.3, 0.4) is 0 Å². The van der Waals surface area contributed by atoms with Gasteiger partial charge in [0.1, 0.15) is 30.7 Å². The zero-order valence-electron chi connectivity index (χ0n) is 36.5. The lowest BCUT2D eigenvalue weighted by molar-refractivity contribution is -0.0453. The fraction of sp³-hybridized carbons (Fsp3) is 0.488. The first kappa shape index (κ1) is 46.8. The Labute approximate surface area is 386 Å². The van der Waals surface area contributed by atoms with Gasteiger partial charge in [0.05, 0.1) is 86.0 Å². The Balaban J connectivity index is 1.09. The van der Waals surface area contributed by atoms with Gasteiger partial charge in [-0.2, -0.15) is 10.5 Å². The Morgan fingerprint density at radius 1 is 1.09 bits per heavy atom. The monoisotopic (exact) mass is 977 g/mol. The minimum absolute atomic E-state index is 0.0105. The number of imidazole rings is 1. The van der Waals surface area contributed by atoms with Crippen molar-refractivity contribution in [2.45, 2.75) is 62.7 Å². The van der Waals surface area contributed by atoms with Crippen LogP contribution in [0.4, 0.5) is 11.8 Å². The van der Waals surface area contributed by atoms with E-state index in [1.807, 2.05) is 23.6 Å². The number of carbonyl (C=O) groups is 1. The highest BCUT2D eigenvalue weighted by atomic mass is 32.1. The van der Waals surface area contributed by atoms with Crippen molar-refractivity contribution in [3.05, 3.63) is 69.2 Å². The molecule has 4 fully saturated rings. The van der Waals surface area contributed by atoms with Gasteiger partial charge < -0.3 is 24.3 Å². The summed E-state index contributed by atoms with van der Waals surface area (Å²) in [5.74, 6) is -1.00. The molecule has 26 heteroatoms. The molecule has 4 aliphatic rings. The minimum atomic E-state index is -4.69. The molecule has 9 rings (SSSR count). The van der Waals surface area contributed by atoms with Gasteiger partial charge in [-0.25, -0.2) is 34.1 Å². The van der Waals surface area contributed by atoms with Crippen LogP contribution < -0.4 is 10.9 Å². The molecule has 1 spiro atoms. The lowest BCUT2D eigenvalue weighted by Crippen LogP contribution is -2.36. The molecule has 0 radical (unpaired) electrons. The third kappa shape index (κ3) is 9.08. The molecule has 4 aromatic heterocycles. The van der Waals surface area contributed by atoms with E-state index in [1.165, 1.54) is 19.8 Å². The quantitative estimate of drug-likeness (QED) is 0.0606. The SMILES string of the molecule is CO[C@H]1[C@H]2OP(=O)(OCCC#N)OCC34C[C@@H]3[C@@H](n3cnc5c(NC(=O)c6ccccc6)ncnc53)[C@H](C)[C@@H]4OP(=O)(OCCC#N)OC[C@H]1O[C@H]2c1scc2c(=O)[nH]c(/N=C/N(C)C)nc12. The first-order chi connectivity index (χ1) is 32.3. The molecular weight excluding hydrogens is 933 g/mol. The van der Waals surface area contributed by atoms with Gasteiger partial charge in [-0.1, -0.05) is 25.1 Å². The number of hydrogen-bond donors (Lipinski definition) is 2. The molecule has 1 aromatic carbocycles. The van der Waals surface area contributed by atoms with Crippen LogP contribution in [0.5, 0.6) is 0 Å². The fourth-order valence-electron chi connectivity index (χ4n) is 9.14. The summed E-state index contributed by atoms with van der Waals surface area (Å²) in [6.45, 7) is 0.446. The summed E-state index contributed by atoms with van der Waals surface area (Å²) in [6, 6.07) is 12.1. The average molecular weight is 978 g/mol. The van der Waals surface area contributed by atoms with Crippen LogP contribution in [-0.4, -0.2) is 119 Å². The second-order valence-corrected chi connectivity index (χ2v) is 20.7. The summed E-state index contributed by atoms with van der Waals surface area (Å²) in [7, 11) is -4.41. The number of aliphatic imine (C=N–C) groups is 1. The van der Waals surface area contributed by atoms with E-state index in [-0.39, 0.29) is 61.2 Å². The number of hydrogen-bond acceptors (Lipinski definition) is 20. The molecule has 2 saturated heterocycles. The molecule has 3 unspecified atom stereocenters. The van der Waals surface area contributed by atoms with Crippen molar-refractivity contribution in [3.63, 3.8) is 0 Å². The predicted molar refractivity (Wildman–Crippen MR) is 238 cm³/mol. The van der Waals surface area contributed by atoms with Gasteiger partial charge in [0, 0.05) is 49.5 Å². The summed E-state index contributed by atoms with van der Waals surface area (Å²) in [5.41, 5.74) is -0.131. The summed E-state index contributed by atoms with van der Waals surface area (Å²) in [5, 5.41) is 23.5. The highest BCUT2D eigenvalue weighted by Gasteiger charge is 2.73.